The molecule has 16 heavy (non-hydrogen) atoms. The fourth-order valence-corrected chi connectivity index (χ4v) is 1.96. The van der Waals surface area contributed by atoms with Gasteiger partial charge in [-0.25, -0.2) is 0 Å². The maximum absolute atomic E-state index is 12.6. The van der Waals surface area contributed by atoms with Gasteiger partial charge in [-0.3, -0.25) is 0 Å². The minimum absolute atomic E-state index is 0.164. The zero-order valence-electron chi connectivity index (χ0n) is 8.72. The van der Waals surface area contributed by atoms with Crippen LogP contribution in [0.1, 0.15) is 18.4 Å². The fourth-order valence-electron chi connectivity index (χ4n) is 1.96. The Kier molecular flexibility index (Phi) is 2.69. The summed E-state index contributed by atoms with van der Waals surface area (Å²) in [4.78, 5) is 1.94. The standard InChI is InChI=1S/C11H13F3N2/c12-11(13,14)8-5-9(15)7-10(6-8)16-3-1-2-4-16/h5-7H,1-4,15H2. The third kappa shape index (κ3) is 2.23. The lowest BCUT2D eigenvalue weighted by Gasteiger charge is -2.19. The average Bonchev–Trinajstić information content (AvgIpc) is 2.68. The van der Waals surface area contributed by atoms with Crippen LogP contribution in [0.5, 0.6) is 0 Å². The minimum Gasteiger partial charge on any atom is -0.399 e. The summed E-state index contributed by atoms with van der Waals surface area (Å²) in [6.45, 7) is 1.61. The molecule has 1 aliphatic heterocycles. The van der Waals surface area contributed by atoms with Crippen molar-refractivity contribution >= 4 is 11.4 Å². The first-order valence-electron chi connectivity index (χ1n) is 5.19. The van der Waals surface area contributed by atoms with Gasteiger partial charge in [0.25, 0.3) is 0 Å². The van der Waals surface area contributed by atoms with E-state index in [4.69, 9.17) is 5.73 Å². The highest BCUT2D eigenvalue weighted by Gasteiger charge is 2.31. The van der Waals surface area contributed by atoms with Crippen LogP contribution in [0.2, 0.25) is 0 Å². The second-order valence-corrected chi connectivity index (χ2v) is 4.01. The van der Waals surface area contributed by atoms with E-state index in [1.165, 1.54) is 6.07 Å². The maximum atomic E-state index is 12.6. The normalized spacial score (nSPS) is 16.8. The van der Waals surface area contributed by atoms with Crippen molar-refractivity contribution in [1.29, 1.82) is 0 Å². The molecule has 1 heterocycles. The number of halogens is 3. The molecule has 88 valence electrons. The van der Waals surface area contributed by atoms with E-state index in [0.29, 0.717) is 5.69 Å². The lowest BCUT2D eigenvalue weighted by molar-refractivity contribution is -0.137. The van der Waals surface area contributed by atoms with Crippen LogP contribution in [0.25, 0.3) is 0 Å². The van der Waals surface area contributed by atoms with Gasteiger partial charge < -0.3 is 10.6 Å². The topological polar surface area (TPSA) is 29.3 Å². The van der Waals surface area contributed by atoms with E-state index in [2.05, 4.69) is 0 Å². The fraction of sp³-hybridized carbons (Fsp3) is 0.455. The predicted octanol–water partition coefficient (Wildman–Crippen LogP) is 2.89. The zero-order valence-corrected chi connectivity index (χ0v) is 8.72. The zero-order chi connectivity index (χ0) is 11.8. The van der Waals surface area contributed by atoms with Crippen LogP contribution in [0.4, 0.5) is 24.5 Å². The number of rotatable bonds is 1. The second-order valence-electron chi connectivity index (χ2n) is 4.01. The molecule has 2 rings (SSSR count). The number of alkyl halides is 3. The molecule has 1 saturated heterocycles. The molecule has 5 heteroatoms. The third-order valence-corrected chi connectivity index (χ3v) is 2.74. The van der Waals surface area contributed by atoms with Crippen LogP contribution in [0.15, 0.2) is 18.2 Å². The Morgan fingerprint density at radius 3 is 2.25 bits per heavy atom. The van der Waals surface area contributed by atoms with Gasteiger partial charge in [-0.15, -0.1) is 0 Å². The average molecular weight is 230 g/mol. The number of nitrogen functional groups attached to an aromatic ring is 1. The monoisotopic (exact) mass is 230 g/mol. The Balaban J connectivity index is 2.35. The molecule has 0 radical (unpaired) electrons. The van der Waals surface area contributed by atoms with Gasteiger partial charge in [0.15, 0.2) is 0 Å². The molecule has 0 unspecified atom stereocenters. The van der Waals surface area contributed by atoms with Crippen molar-refractivity contribution in [2.75, 3.05) is 23.7 Å². The van der Waals surface area contributed by atoms with Crippen LogP contribution >= 0.6 is 0 Å². The number of anilines is 2. The van der Waals surface area contributed by atoms with E-state index < -0.39 is 11.7 Å². The Morgan fingerprint density at radius 1 is 1.06 bits per heavy atom. The van der Waals surface area contributed by atoms with Crippen LogP contribution < -0.4 is 10.6 Å². The van der Waals surface area contributed by atoms with Crippen molar-refractivity contribution < 1.29 is 13.2 Å². The Bertz CT molecular complexity index is 381. The van der Waals surface area contributed by atoms with E-state index in [1.54, 1.807) is 6.07 Å². The smallest absolute Gasteiger partial charge is 0.399 e. The van der Waals surface area contributed by atoms with Gasteiger partial charge in [0, 0.05) is 24.5 Å². The number of hydrogen-bond donors (Lipinski definition) is 1. The molecule has 0 bridgehead atoms. The summed E-state index contributed by atoms with van der Waals surface area (Å²) in [5.41, 5.74) is 5.56. The minimum atomic E-state index is -4.33. The Hall–Kier alpha value is -1.39. The van der Waals surface area contributed by atoms with Crippen LogP contribution in [-0.4, -0.2) is 13.1 Å². The Morgan fingerprint density at radius 2 is 1.69 bits per heavy atom. The summed E-state index contributed by atoms with van der Waals surface area (Å²) in [5.74, 6) is 0. The van der Waals surface area contributed by atoms with Gasteiger partial charge in [-0.1, -0.05) is 0 Å². The largest absolute Gasteiger partial charge is 0.416 e. The summed E-state index contributed by atoms with van der Waals surface area (Å²) in [6, 6.07) is 3.74. The summed E-state index contributed by atoms with van der Waals surface area (Å²) < 4.78 is 37.7. The van der Waals surface area contributed by atoms with Crippen molar-refractivity contribution in [1.82, 2.24) is 0 Å². The molecule has 0 saturated carbocycles. The van der Waals surface area contributed by atoms with Gasteiger partial charge in [0.05, 0.1) is 5.56 Å². The van der Waals surface area contributed by atoms with Crippen molar-refractivity contribution in [2.24, 2.45) is 0 Å². The number of nitrogens with two attached hydrogens (primary N) is 1. The highest BCUT2D eigenvalue weighted by molar-refractivity contribution is 5.59. The quantitative estimate of drug-likeness (QED) is 0.751. The highest BCUT2D eigenvalue weighted by Crippen LogP contribution is 2.34. The van der Waals surface area contributed by atoms with E-state index in [0.717, 1.165) is 32.0 Å². The van der Waals surface area contributed by atoms with Gasteiger partial charge in [0.2, 0.25) is 0 Å². The number of nitrogens with zero attached hydrogens (tertiary/aromatic N) is 1. The van der Waals surface area contributed by atoms with E-state index in [-0.39, 0.29) is 5.69 Å². The van der Waals surface area contributed by atoms with Crippen molar-refractivity contribution in [3.05, 3.63) is 23.8 Å². The summed E-state index contributed by atoms with van der Waals surface area (Å²) in [5, 5.41) is 0. The van der Waals surface area contributed by atoms with E-state index in [1.807, 2.05) is 4.90 Å². The van der Waals surface area contributed by atoms with Gasteiger partial charge in [0.1, 0.15) is 0 Å². The SMILES string of the molecule is Nc1cc(N2CCCC2)cc(C(F)(F)F)c1. The molecule has 1 aromatic rings. The molecular formula is C11H13F3N2. The summed E-state index contributed by atoms with van der Waals surface area (Å²) in [7, 11) is 0. The number of hydrogen-bond acceptors (Lipinski definition) is 2. The molecular weight excluding hydrogens is 217 g/mol. The lowest BCUT2D eigenvalue weighted by atomic mass is 10.1. The van der Waals surface area contributed by atoms with Crippen molar-refractivity contribution in [3.63, 3.8) is 0 Å². The molecule has 1 fully saturated rings. The van der Waals surface area contributed by atoms with Crippen molar-refractivity contribution in [3.8, 4) is 0 Å². The van der Waals surface area contributed by atoms with Crippen LogP contribution in [0.3, 0.4) is 0 Å². The first-order chi connectivity index (χ1) is 7.47. The molecule has 2 nitrogen and oxygen atoms in total. The number of benzene rings is 1. The predicted molar refractivity (Wildman–Crippen MR) is 57.3 cm³/mol. The summed E-state index contributed by atoms with van der Waals surface area (Å²) in [6.07, 6.45) is -2.28. The Labute approximate surface area is 91.8 Å². The molecule has 0 spiro atoms. The first-order valence-corrected chi connectivity index (χ1v) is 5.19. The van der Waals surface area contributed by atoms with E-state index >= 15 is 0 Å². The van der Waals surface area contributed by atoms with Gasteiger partial charge >= 0.3 is 6.18 Å². The molecule has 1 aliphatic rings. The van der Waals surface area contributed by atoms with E-state index in [9.17, 15) is 13.2 Å². The maximum Gasteiger partial charge on any atom is 0.416 e. The summed E-state index contributed by atoms with van der Waals surface area (Å²) >= 11 is 0. The molecule has 0 aliphatic carbocycles. The van der Waals surface area contributed by atoms with Crippen molar-refractivity contribution in [2.45, 2.75) is 19.0 Å². The molecule has 1 aromatic carbocycles. The molecule has 0 aromatic heterocycles. The molecule has 0 amide bonds. The molecule has 2 N–H and O–H groups in total. The van der Waals surface area contributed by atoms with Gasteiger partial charge in [-0.2, -0.15) is 13.2 Å². The first kappa shape index (κ1) is 11.1. The third-order valence-electron chi connectivity index (χ3n) is 2.74. The van der Waals surface area contributed by atoms with Crippen LogP contribution in [-0.2, 0) is 6.18 Å². The lowest BCUT2D eigenvalue weighted by Crippen LogP contribution is -2.18. The highest BCUT2D eigenvalue weighted by atomic mass is 19.4. The molecule has 0 atom stereocenters. The van der Waals surface area contributed by atoms with Crippen LogP contribution in [0, 0.1) is 0 Å². The van der Waals surface area contributed by atoms with Gasteiger partial charge in [-0.05, 0) is 31.0 Å². The second kappa shape index (κ2) is 3.88.